The minimum absolute atomic E-state index is 0.0246. The molecule has 0 spiro atoms. The summed E-state index contributed by atoms with van der Waals surface area (Å²) in [5, 5.41) is 11.2. The third kappa shape index (κ3) is 4.98. The predicted molar refractivity (Wildman–Crippen MR) is 173 cm³/mol. The predicted octanol–water partition coefficient (Wildman–Crippen LogP) is 4.99. The first-order valence-corrected chi connectivity index (χ1v) is 16.6. The van der Waals surface area contributed by atoms with E-state index in [4.69, 9.17) is 26.3 Å². The number of benzene rings is 1. The fraction of sp³-hybridized carbons (Fsp3) is 0.543. The minimum Gasteiger partial charge on any atom is -0.475 e. The first kappa shape index (κ1) is 29.3. The quantitative estimate of drug-likeness (QED) is 0.438. The summed E-state index contributed by atoms with van der Waals surface area (Å²) in [5.74, 6) is 0.0128. The molecule has 6 aliphatic rings. The van der Waals surface area contributed by atoms with Crippen molar-refractivity contribution < 1.29 is 9.53 Å². The van der Waals surface area contributed by atoms with E-state index in [2.05, 4.69) is 47.6 Å². The van der Waals surface area contributed by atoms with Crippen LogP contribution in [0.2, 0.25) is 0 Å². The molecule has 8 nitrogen and oxygen atoms in total. The average molecular weight is 613 g/mol. The van der Waals surface area contributed by atoms with Gasteiger partial charge in [-0.1, -0.05) is 42.5 Å². The number of ether oxygens (including phenoxy) is 1. The van der Waals surface area contributed by atoms with E-state index in [1.54, 1.807) is 0 Å². The van der Waals surface area contributed by atoms with Crippen molar-refractivity contribution in [3.63, 3.8) is 0 Å². The Bertz CT molecular complexity index is 1530. The number of halogens is 1. The van der Waals surface area contributed by atoms with Crippen LogP contribution in [0.4, 0.5) is 0 Å². The highest BCUT2D eigenvalue weighted by Crippen LogP contribution is 2.42. The molecular formula is C35H41ClN6O2. The number of hydrogen-bond acceptors (Lipinski definition) is 7. The molecule has 5 aliphatic heterocycles. The van der Waals surface area contributed by atoms with Gasteiger partial charge in [-0.05, 0) is 88.6 Å². The number of hydrogen-bond donors (Lipinski definition) is 0. The minimum atomic E-state index is -0.491. The number of carbonyl (C=O) groups excluding carboxylic acids is 1. The van der Waals surface area contributed by atoms with E-state index in [1.165, 1.54) is 36.5 Å². The van der Waals surface area contributed by atoms with Gasteiger partial charge in [0.1, 0.15) is 18.2 Å². The number of rotatable bonds is 5. The highest BCUT2D eigenvalue weighted by atomic mass is 35.5. The summed E-state index contributed by atoms with van der Waals surface area (Å²) >= 11 is 7.10. The second kappa shape index (κ2) is 11.8. The largest absolute Gasteiger partial charge is 0.475 e. The van der Waals surface area contributed by atoms with E-state index >= 15 is 0 Å². The number of fused-ring (bicyclic) bond motifs is 3. The molecule has 7 rings (SSSR count). The normalized spacial score (nSPS) is 27.8. The second-order valence-corrected chi connectivity index (χ2v) is 13.5. The van der Waals surface area contributed by atoms with E-state index in [1.807, 2.05) is 11.0 Å². The maximum atomic E-state index is 12.5. The molecule has 1 aromatic rings. The summed E-state index contributed by atoms with van der Waals surface area (Å²) in [4.78, 5) is 29.4. The van der Waals surface area contributed by atoms with Gasteiger partial charge in [0.05, 0.1) is 22.2 Å². The van der Waals surface area contributed by atoms with Crippen LogP contribution in [-0.4, -0.2) is 89.3 Å². The molecule has 5 heterocycles. The van der Waals surface area contributed by atoms with Crippen molar-refractivity contribution in [2.45, 2.75) is 76.0 Å². The Labute approximate surface area is 265 Å². The highest BCUT2D eigenvalue weighted by molar-refractivity contribution is 6.46. The Morgan fingerprint density at radius 2 is 1.95 bits per heavy atom. The molecule has 0 saturated carbocycles. The molecule has 9 heteroatoms. The number of nitriles is 1. The summed E-state index contributed by atoms with van der Waals surface area (Å²) in [6.45, 7) is 10.2. The van der Waals surface area contributed by atoms with E-state index in [0.717, 1.165) is 62.2 Å². The molecule has 0 aromatic heterocycles. The van der Waals surface area contributed by atoms with Crippen LogP contribution in [0.1, 0.15) is 62.1 Å². The van der Waals surface area contributed by atoms with Gasteiger partial charge in [0.25, 0.3) is 0 Å². The third-order valence-corrected chi connectivity index (χ3v) is 10.9. The van der Waals surface area contributed by atoms with Gasteiger partial charge in [-0.3, -0.25) is 14.7 Å². The number of amides is 1. The van der Waals surface area contributed by atoms with Crippen molar-refractivity contribution >= 4 is 29.1 Å². The van der Waals surface area contributed by atoms with Gasteiger partial charge in [-0.2, -0.15) is 5.26 Å². The summed E-state index contributed by atoms with van der Waals surface area (Å²) in [5.41, 5.74) is 5.92. The lowest BCUT2D eigenvalue weighted by Crippen LogP contribution is -2.55. The summed E-state index contributed by atoms with van der Waals surface area (Å²) in [6, 6.07) is 8.92. The molecule has 3 saturated heterocycles. The van der Waals surface area contributed by atoms with Gasteiger partial charge in [-0.25, -0.2) is 4.99 Å². The number of allylic oxidation sites excluding steroid dienone is 1. The van der Waals surface area contributed by atoms with E-state index in [0.29, 0.717) is 42.7 Å². The zero-order valence-electron chi connectivity index (χ0n) is 25.6. The maximum Gasteiger partial charge on any atom is 0.246 e. The van der Waals surface area contributed by atoms with Crippen molar-refractivity contribution in [3.8, 4) is 6.07 Å². The molecule has 44 heavy (non-hydrogen) atoms. The molecule has 1 aliphatic carbocycles. The number of dihydropyridines is 2. The molecule has 230 valence electrons. The monoisotopic (exact) mass is 612 g/mol. The van der Waals surface area contributed by atoms with Gasteiger partial charge < -0.3 is 14.5 Å². The average Bonchev–Trinajstić information content (AvgIpc) is 3.63. The summed E-state index contributed by atoms with van der Waals surface area (Å²) in [7, 11) is 0. The summed E-state index contributed by atoms with van der Waals surface area (Å²) < 4.78 is 6.62. The molecule has 3 atom stereocenters. The van der Waals surface area contributed by atoms with Crippen LogP contribution >= 0.6 is 11.6 Å². The fourth-order valence-corrected chi connectivity index (χ4v) is 8.73. The lowest BCUT2D eigenvalue weighted by Gasteiger charge is -2.46. The first-order valence-electron chi connectivity index (χ1n) is 16.3. The molecule has 0 N–H and O–H groups in total. The lowest BCUT2D eigenvalue weighted by atomic mass is 9.84. The molecular weight excluding hydrogens is 572 g/mol. The standard InChI is InChI=1S/C35H41ClN6O2/c1-3-30(43)40-17-18-42(23(2)21-40)32-27-19-29(36)31(26-12-6-10-24-9-4-5-11-25(24)26)38-33(27)39-34(28(32)20-37)44-22-35-13-7-15-41(35)16-8-14-35/h3,6,10,12,19,23,27,33H,1,4-5,7-9,11,13-18,21-22H2,2H3/t23-,27?,33?/m0/s1. The van der Waals surface area contributed by atoms with Crippen molar-refractivity contribution in [1.29, 1.82) is 5.26 Å². The smallest absolute Gasteiger partial charge is 0.246 e. The van der Waals surface area contributed by atoms with Crippen LogP contribution < -0.4 is 0 Å². The number of piperazine rings is 1. The Morgan fingerprint density at radius 1 is 1.16 bits per heavy atom. The Hall–Kier alpha value is -3.41. The van der Waals surface area contributed by atoms with Crippen molar-refractivity contribution in [2.24, 2.45) is 15.9 Å². The second-order valence-electron chi connectivity index (χ2n) is 13.1. The molecule has 3 fully saturated rings. The fourth-order valence-electron chi connectivity index (χ4n) is 8.45. The highest BCUT2D eigenvalue weighted by Gasteiger charge is 2.47. The molecule has 1 aromatic carbocycles. The SMILES string of the molecule is C=CC(=O)N1CCN(C2=C(C#N)C(OCC34CCCN3CCC4)=NC3N=C(c4cccc5c4CCCC5)C(Cl)=CC23)[C@@H](C)C1. The number of nitrogens with zero attached hydrogens (tertiary/aromatic N) is 6. The Kier molecular flexibility index (Phi) is 7.88. The summed E-state index contributed by atoms with van der Waals surface area (Å²) in [6.07, 6.45) is 12.0. The zero-order chi connectivity index (χ0) is 30.4. The first-order chi connectivity index (χ1) is 21.4. The van der Waals surface area contributed by atoms with Gasteiger partial charge in [0.2, 0.25) is 11.8 Å². The van der Waals surface area contributed by atoms with Gasteiger partial charge in [0.15, 0.2) is 6.17 Å². The van der Waals surface area contributed by atoms with Crippen molar-refractivity contribution in [2.75, 3.05) is 39.3 Å². The van der Waals surface area contributed by atoms with Crippen LogP contribution in [0.5, 0.6) is 0 Å². The van der Waals surface area contributed by atoms with E-state index < -0.39 is 6.17 Å². The van der Waals surface area contributed by atoms with Crippen LogP contribution in [0.25, 0.3) is 0 Å². The maximum absolute atomic E-state index is 12.5. The van der Waals surface area contributed by atoms with Crippen LogP contribution in [0.15, 0.2) is 63.2 Å². The third-order valence-electron chi connectivity index (χ3n) is 10.6. The molecule has 1 amide bonds. The van der Waals surface area contributed by atoms with Crippen LogP contribution in [0.3, 0.4) is 0 Å². The zero-order valence-corrected chi connectivity index (χ0v) is 26.4. The number of aliphatic imine (C=N–C) groups is 2. The Morgan fingerprint density at radius 3 is 2.70 bits per heavy atom. The van der Waals surface area contributed by atoms with Crippen molar-refractivity contribution in [3.05, 3.63) is 69.9 Å². The molecule has 0 radical (unpaired) electrons. The van der Waals surface area contributed by atoms with Crippen LogP contribution in [-0.2, 0) is 22.4 Å². The molecule has 0 bridgehead atoms. The van der Waals surface area contributed by atoms with E-state index in [9.17, 15) is 10.1 Å². The van der Waals surface area contributed by atoms with Crippen molar-refractivity contribution in [1.82, 2.24) is 14.7 Å². The number of carbonyl (C=O) groups is 1. The Balaban J connectivity index is 1.27. The lowest BCUT2D eigenvalue weighted by molar-refractivity contribution is -0.128. The van der Waals surface area contributed by atoms with Gasteiger partial charge in [0, 0.05) is 36.9 Å². The van der Waals surface area contributed by atoms with Gasteiger partial charge >= 0.3 is 0 Å². The van der Waals surface area contributed by atoms with Gasteiger partial charge in [-0.15, -0.1) is 0 Å². The molecule has 2 unspecified atom stereocenters. The number of aryl methyl sites for hydroxylation is 1. The van der Waals surface area contributed by atoms with E-state index in [-0.39, 0.29) is 23.4 Å². The topological polar surface area (TPSA) is 84.5 Å². The van der Waals surface area contributed by atoms with Crippen LogP contribution in [0, 0.1) is 17.2 Å².